The van der Waals surface area contributed by atoms with Gasteiger partial charge in [-0.1, -0.05) is 75.4 Å². The number of piperidine rings is 1. The molecule has 0 unspecified atom stereocenters. The van der Waals surface area contributed by atoms with E-state index in [4.69, 9.17) is 0 Å². The van der Waals surface area contributed by atoms with Gasteiger partial charge >= 0.3 is 0 Å². The SMILES string of the molecule is CC(C)(C)c1ccc(CCc2cc(O)c(O)c(C(=O)Nc3ccc(S(=O)(=O)N4CCC(Cc5ccccc5)CC4)cc3)c2)cc1. The maximum absolute atomic E-state index is 13.3. The molecule has 1 amide bonds. The van der Waals surface area contributed by atoms with Crippen LogP contribution in [0.4, 0.5) is 5.69 Å². The second kappa shape index (κ2) is 13.5. The molecule has 0 spiro atoms. The van der Waals surface area contributed by atoms with Gasteiger partial charge in [-0.15, -0.1) is 0 Å². The van der Waals surface area contributed by atoms with Crippen molar-refractivity contribution in [2.24, 2.45) is 5.92 Å². The highest BCUT2D eigenvalue weighted by Crippen LogP contribution is 2.32. The number of benzene rings is 4. The van der Waals surface area contributed by atoms with Crippen LogP contribution in [0, 0.1) is 5.92 Å². The number of nitrogens with one attached hydrogen (secondary N) is 1. The Morgan fingerprint density at radius 1 is 0.822 bits per heavy atom. The molecule has 7 nitrogen and oxygen atoms in total. The van der Waals surface area contributed by atoms with Crippen LogP contribution in [0.1, 0.15) is 66.2 Å². The summed E-state index contributed by atoms with van der Waals surface area (Å²) in [7, 11) is -3.67. The smallest absolute Gasteiger partial charge is 0.259 e. The number of aromatic hydroxyl groups is 2. The number of hydrogen-bond acceptors (Lipinski definition) is 5. The van der Waals surface area contributed by atoms with E-state index < -0.39 is 21.7 Å². The Bertz CT molecular complexity index is 1720. The van der Waals surface area contributed by atoms with Crippen LogP contribution >= 0.6 is 0 Å². The lowest BCUT2D eigenvalue weighted by Crippen LogP contribution is -2.38. The minimum absolute atomic E-state index is 0.0526. The van der Waals surface area contributed by atoms with E-state index in [9.17, 15) is 23.4 Å². The minimum Gasteiger partial charge on any atom is -0.504 e. The van der Waals surface area contributed by atoms with Crippen LogP contribution in [-0.2, 0) is 34.7 Å². The van der Waals surface area contributed by atoms with Gasteiger partial charge in [0, 0.05) is 18.8 Å². The second-order valence-corrected chi connectivity index (χ2v) is 14.9. The molecule has 5 rings (SSSR count). The van der Waals surface area contributed by atoms with Crippen LogP contribution in [0.5, 0.6) is 11.5 Å². The standard InChI is InChI=1S/C37H42N2O5S/c1-37(2,3)30-13-11-26(12-14-30)9-10-29-24-33(35(41)34(40)25-29)36(42)38-31-15-17-32(18-16-31)45(43,44)39-21-19-28(20-22-39)23-27-7-5-4-6-8-27/h4-8,11-18,24-25,28,40-41H,9-10,19-23H2,1-3H3,(H,38,42). The molecule has 1 saturated heterocycles. The molecule has 4 aromatic carbocycles. The van der Waals surface area contributed by atoms with Crippen molar-refractivity contribution in [2.45, 2.75) is 63.2 Å². The van der Waals surface area contributed by atoms with Gasteiger partial charge < -0.3 is 15.5 Å². The van der Waals surface area contributed by atoms with E-state index in [0.717, 1.165) is 24.8 Å². The lowest BCUT2D eigenvalue weighted by molar-refractivity contribution is 0.102. The molecule has 236 valence electrons. The molecule has 45 heavy (non-hydrogen) atoms. The number of sulfonamides is 1. The predicted molar refractivity (Wildman–Crippen MR) is 178 cm³/mol. The number of amides is 1. The molecule has 1 heterocycles. The lowest BCUT2D eigenvalue weighted by Gasteiger charge is -2.31. The fourth-order valence-corrected chi connectivity index (χ4v) is 7.28. The Kier molecular flexibility index (Phi) is 9.65. The minimum atomic E-state index is -3.67. The molecule has 0 atom stereocenters. The normalized spacial score (nSPS) is 14.7. The summed E-state index contributed by atoms with van der Waals surface area (Å²) in [5, 5.41) is 23.5. The lowest BCUT2D eigenvalue weighted by atomic mass is 9.86. The fraction of sp³-hybridized carbons (Fsp3) is 0.324. The number of phenolic OH excluding ortho intramolecular Hbond substituents is 2. The molecule has 1 aliphatic heterocycles. The van der Waals surface area contributed by atoms with Crippen LogP contribution in [0.2, 0.25) is 0 Å². The van der Waals surface area contributed by atoms with Gasteiger partial charge in [-0.3, -0.25) is 4.79 Å². The summed E-state index contributed by atoms with van der Waals surface area (Å²) < 4.78 is 28.2. The summed E-state index contributed by atoms with van der Waals surface area (Å²) >= 11 is 0. The van der Waals surface area contributed by atoms with Crippen molar-refractivity contribution in [1.29, 1.82) is 0 Å². The topological polar surface area (TPSA) is 107 Å². The van der Waals surface area contributed by atoms with Crippen LogP contribution in [0.3, 0.4) is 0 Å². The first-order valence-corrected chi connectivity index (χ1v) is 16.9. The third kappa shape index (κ3) is 7.93. The van der Waals surface area contributed by atoms with E-state index in [1.54, 1.807) is 6.07 Å². The van der Waals surface area contributed by atoms with Crippen molar-refractivity contribution in [3.63, 3.8) is 0 Å². The Balaban J connectivity index is 1.19. The fourth-order valence-electron chi connectivity index (χ4n) is 5.81. The Hall–Kier alpha value is -4.14. The third-order valence-electron chi connectivity index (χ3n) is 8.61. The third-order valence-corrected chi connectivity index (χ3v) is 10.5. The van der Waals surface area contributed by atoms with E-state index in [-0.39, 0.29) is 21.6 Å². The molecule has 8 heteroatoms. The molecule has 0 bridgehead atoms. The molecule has 0 aromatic heterocycles. The second-order valence-electron chi connectivity index (χ2n) is 13.0. The van der Waals surface area contributed by atoms with E-state index in [1.807, 2.05) is 18.2 Å². The molecular weight excluding hydrogens is 584 g/mol. The average molecular weight is 627 g/mol. The van der Waals surface area contributed by atoms with Gasteiger partial charge in [0.2, 0.25) is 10.0 Å². The highest BCUT2D eigenvalue weighted by molar-refractivity contribution is 7.89. The monoisotopic (exact) mass is 626 g/mol. The first-order chi connectivity index (χ1) is 21.4. The van der Waals surface area contributed by atoms with Gasteiger partial charge in [0.1, 0.15) is 0 Å². The van der Waals surface area contributed by atoms with Crippen molar-refractivity contribution in [3.05, 3.63) is 119 Å². The van der Waals surface area contributed by atoms with Gasteiger partial charge in [0.25, 0.3) is 5.91 Å². The quantitative estimate of drug-likeness (QED) is 0.172. The molecule has 0 radical (unpaired) electrons. The zero-order chi connectivity index (χ0) is 32.2. The van der Waals surface area contributed by atoms with Crippen LogP contribution < -0.4 is 5.32 Å². The number of hydrogen-bond donors (Lipinski definition) is 3. The highest BCUT2D eigenvalue weighted by atomic mass is 32.2. The molecule has 1 aliphatic rings. The molecule has 0 saturated carbocycles. The summed E-state index contributed by atoms with van der Waals surface area (Å²) in [6.45, 7) is 7.45. The van der Waals surface area contributed by atoms with E-state index in [1.165, 1.54) is 45.8 Å². The average Bonchev–Trinajstić information content (AvgIpc) is 3.02. The van der Waals surface area contributed by atoms with Crippen LogP contribution in [0.15, 0.2) is 95.9 Å². The van der Waals surface area contributed by atoms with Gasteiger partial charge in [0.15, 0.2) is 11.5 Å². The zero-order valence-corrected chi connectivity index (χ0v) is 27.0. The summed E-state index contributed by atoms with van der Waals surface area (Å²) in [6, 6.07) is 27.8. The van der Waals surface area contributed by atoms with Gasteiger partial charge in [0.05, 0.1) is 10.5 Å². The van der Waals surface area contributed by atoms with Gasteiger partial charge in [-0.2, -0.15) is 4.31 Å². The number of rotatable bonds is 9. The van der Waals surface area contributed by atoms with E-state index >= 15 is 0 Å². The number of aryl methyl sites for hydroxylation is 2. The van der Waals surface area contributed by atoms with E-state index in [0.29, 0.717) is 43.1 Å². The van der Waals surface area contributed by atoms with Crippen LogP contribution in [0.25, 0.3) is 0 Å². The molecule has 1 fully saturated rings. The maximum atomic E-state index is 13.3. The number of anilines is 1. The molecule has 4 aromatic rings. The van der Waals surface area contributed by atoms with E-state index in [2.05, 4.69) is 62.5 Å². The van der Waals surface area contributed by atoms with Crippen molar-refractivity contribution in [1.82, 2.24) is 4.31 Å². The summed E-state index contributed by atoms with van der Waals surface area (Å²) in [6.07, 6.45) is 3.84. The zero-order valence-electron chi connectivity index (χ0n) is 26.2. The molecule has 3 N–H and O–H groups in total. The number of nitrogens with zero attached hydrogens (tertiary/aromatic N) is 1. The first-order valence-electron chi connectivity index (χ1n) is 15.5. The van der Waals surface area contributed by atoms with Gasteiger partial charge in [-0.25, -0.2) is 8.42 Å². The highest BCUT2D eigenvalue weighted by Gasteiger charge is 2.29. The number of carbonyl (C=O) groups excluding carboxylic acids is 1. The maximum Gasteiger partial charge on any atom is 0.259 e. The first kappa shape index (κ1) is 32.3. The van der Waals surface area contributed by atoms with Crippen molar-refractivity contribution >= 4 is 21.6 Å². The summed E-state index contributed by atoms with van der Waals surface area (Å²) in [5.41, 5.74) is 4.76. The Labute approximate surface area is 266 Å². The summed E-state index contributed by atoms with van der Waals surface area (Å²) in [5.74, 6) is -1.02. The predicted octanol–water partition coefficient (Wildman–Crippen LogP) is 7.08. The molecular formula is C37H42N2O5S. The number of phenols is 2. The van der Waals surface area contributed by atoms with Crippen molar-refractivity contribution < 1.29 is 23.4 Å². The van der Waals surface area contributed by atoms with Crippen molar-refractivity contribution in [2.75, 3.05) is 18.4 Å². The summed E-state index contributed by atoms with van der Waals surface area (Å²) in [4.78, 5) is 13.3. The van der Waals surface area contributed by atoms with Crippen molar-refractivity contribution in [3.8, 4) is 11.5 Å². The largest absolute Gasteiger partial charge is 0.504 e. The Morgan fingerprint density at radius 3 is 2.07 bits per heavy atom. The molecule has 0 aliphatic carbocycles. The Morgan fingerprint density at radius 2 is 1.44 bits per heavy atom. The number of carbonyl (C=O) groups is 1. The van der Waals surface area contributed by atoms with Gasteiger partial charge in [-0.05, 0) is 102 Å². The van der Waals surface area contributed by atoms with Crippen LogP contribution in [-0.4, -0.2) is 41.9 Å².